The molecule has 0 saturated carbocycles. The summed E-state index contributed by atoms with van der Waals surface area (Å²) in [5, 5.41) is 7.04. The molecule has 1 unspecified atom stereocenters. The summed E-state index contributed by atoms with van der Waals surface area (Å²) in [4.78, 5) is 13.3. The van der Waals surface area contributed by atoms with E-state index < -0.39 is 0 Å². The number of nitrogen functional groups attached to an aromatic ring is 1. The SMILES string of the molecule is CNC(=O)c1sc(NC(C)C(C)C)c(SC)c1N. The van der Waals surface area contributed by atoms with Gasteiger partial charge < -0.3 is 16.4 Å². The second-order valence-electron chi connectivity index (χ2n) is 4.46. The Labute approximate surface area is 117 Å². The van der Waals surface area contributed by atoms with Gasteiger partial charge in [0.1, 0.15) is 9.88 Å². The van der Waals surface area contributed by atoms with Crippen molar-refractivity contribution >= 4 is 39.7 Å². The van der Waals surface area contributed by atoms with E-state index in [9.17, 15) is 4.79 Å². The predicted octanol–water partition coefficient (Wildman–Crippen LogP) is 2.87. The van der Waals surface area contributed by atoms with Gasteiger partial charge in [0.2, 0.25) is 0 Å². The molecular weight excluding hydrogens is 266 g/mol. The van der Waals surface area contributed by atoms with Crippen LogP contribution in [0.15, 0.2) is 4.90 Å². The number of thiophene rings is 1. The quantitative estimate of drug-likeness (QED) is 0.729. The zero-order chi connectivity index (χ0) is 13.9. The minimum absolute atomic E-state index is 0.127. The first-order chi connectivity index (χ1) is 8.42. The molecule has 0 spiro atoms. The lowest BCUT2D eigenvalue weighted by molar-refractivity contribution is 0.0968. The van der Waals surface area contributed by atoms with Crippen molar-refractivity contribution in [3.63, 3.8) is 0 Å². The average Bonchev–Trinajstić information content (AvgIpc) is 2.64. The number of rotatable bonds is 5. The van der Waals surface area contributed by atoms with Gasteiger partial charge in [-0.25, -0.2) is 0 Å². The van der Waals surface area contributed by atoms with Crippen LogP contribution in [0.4, 0.5) is 10.7 Å². The zero-order valence-electron chi connectivity index (χ0n) is 11.5. The van der Waals surface area contributed by atoms with Crippen LogP contribution in [0.1, 0.15) is 30.4 Å². The molecule has 18 heavy (non-hydrogen) atoms. The molecule has 0 saturated heterocycles. The van der Waals surface area contributed by atoms with E-state index in [-0.39, 0.29) is 5.91 Å². The Morgan fingerprint density at radius 3 is 2.44 bits per heavy atom. The predicted molar refractivity (Wildman–Crippen MR) is 81.8 cm³/mol. The van der Waals surface area contributed by atoms with Crippen molar-refractivity contribution in [1.82, 2.24) is 5.32 Å². The van der Waals surface area contributed by atoms with Gasteiger partial charge in [0.05, 0.1) is 10.6 Å². The Kier molecular flexibility index (Phi) is 5.34. The van der Waals surface area contributed by atoms with Crippen LogP contribution in [-0.4, -0.2) is 25.3 Å². The summed E-state index contributed by atoms with van der Waals surface area (Å²) >= 11 is 2.99. The Hall–Kier alpha value is -0.880. The molecule has 0 radical (unpaired) electrons. The minimum Gasteiger partial charge on any atom is -0.396 e. The number of carbonyl (C=O) groups is 1. The van der Waals surface area contributed by atoms with Gasteiger partial charge in [-0.2, -0.15) is 0 Å². The molecule has 0 aromatic carbocycles. The highest BCUT2D eigenvalue weighted by molar-refractivity contribution is 7.99. The van der Waals surface area contributed by atoms with Crippen LogP contribution in [0.2, 0.25) is 0 Å². The second-order valence-corrected chi connectivity index (χ2v) is 6.30. The van der Waals surface area contributed by atoms with Gasteiger partial charge in [-0.05, 0) is 19.1 Å². The first kappa shape index (κ1) is 15.2. The van der Waals surface area contributed by atoms with Crippen LogP contribution < -0.4 is 16.4 Å². The van der Waals surface area contributed by atoms with Gasteiger partial charge in [-0.15, -0.1) is 23.1 Å². The standard InChI is InChI=1S/C12H21N3OS2/c1-6(2)7(3)15-12-10(17-5)8(13)9(18-12)11(16)14-4/h6-7,15H,13H2,1-5H3,(H,14,16). The number of anilines is 2. The first-order valence-corrected chi connectivity index (χ1v) is 7.91. The molecule has 0 fully saturated rings. The summed E-state index contributed by atoms with van der Waals surface area (Å²) in [5.41, 5.74) is 6.61. The van der Waals surface area contributed by atoms with Gasteiger partial charge >= 0.3 is 0 Å². The third kappa shape index (κ3) is 3.11. The minimum atomic E-state index is -0.127. The molecule has 0 aliphatic heterocycles. The monoisotopic (exact) mass is 287 g/mol. The van der Waals surface area contributed by atoms with E-state index >= 15 is 0 Å². The van der Waals surface area contributed by atoms with E-state index in [4.69, 9.17) is 5.73 Å². The number of hydrogen-bond donors (Lipinski definition) is 3. The van der Waals surface area contributed by atoms with Crippen LogP contribution >= 0.6 is 23.1 Å². The molecule has 0 bridgehead atoms. The van der Waals surface area contributed by atoms with E-state index in [1.165, 1.54) is 11.3 Å². The van der Waals surface area contributed by atoms with Crippen LogP contribution in [-0.2, 0) is 0 Å². The van der Waals surface area contributed by atoms with Crippen LogP contribution in [0.5, 0.6) is 0 Å². The Morgan fingerprint density at radius 2 is 2.00 bits per heavy atom. The molecule has 102 valence electrons. The molecule has 0 aliphatic rings. The smallest absolute Gasteiger partial charge is 0.263 e. The largest absolute Gasteiger partial charge is 0.396 e. The highest BCUT2D eigenvalue weighted by Crippen LogP contribution is 2.42. The van der Waals surface area contributed by atoms with Crippen molar-refractivity contribution in [2.45, 2.75) is 31.7 Å². The van der Waals surface area contributed by atoms with Crippen LogP contribution in [0, 0.1) is 5.92 Å². The van der Waals surface area contributed by atoms with Gasteiger partial charge in [-0.3, -0.25) is 4.79 Å². The lowest BCUT2D eigenvalue weighted by Gasteiger charge is -2.18. The number of nitrogens with one attached hydrogen (secondary N) is 2. The molecule has 1 aromatic heterocycles. The van der Waals surface area contributed by atoms with Gasteiger partial charge in [0.25, 0.3) is 5.91 Å². The molecule has 1 amide bonds. The molecular formula is C12H21N3OS2. The fourth-order valence-corrected chi connectivity index (χ4v) is 3.45. The summed E-state index contributed by atoms with van der Waals surface area (Å²) < 4.78 is 0. The average molecular weight is 287 g/mol. The maximum Gasteiger partial charge on any atom is 0.263 e. The lowest BCUT2D eigenvalue weighted by Crippen LogP contribution is -2.21. The normalized spacial score (nSPS) is 12.6. The van der Waals surface area contributed by atoms with Crippen molar-refractivity contribution in [3.05, 3.63) is 4.88 Å². The number of hydrogen-bond acceptors (Lipinski definition) is 5. The second kappa shape index (κ2) is 6.33. The number of nitrogens with two attached hydrogens (primary N) is 1. The summed E-state index contributed by atoms with van der Waals surface area (Å²) in [7, 11) is 1.62. The summed E-state index contributed by atoms with van der Waals surface area (Å²) in [6.07, 6.45) is 1.97. The van der Waals surface area contributed by atoms with Gasteiger partial charge in [0.15, 0.2) is 0 Å². The van der Waals surface area contributed by atoms with E-state index in [1.54, 1.807) is 18.8 Å². The summed E-state index contributed by atoms with van der Waals surface area (Å²) in [6.45, 7) is 6.45. The van der Waals surface area contributed by atoms with Gasteiger partial charge in [0, 0.05) is 13.1 Å². The van der Waals surface area contributed by atoms with E-state index in [2.05, 4.69) is 31.4 Å². The molecule has 6 heteroatoms. The van der Waals surface area contributed by atoms with Crippen molar-refractivity contribution in [2.24, 2.45) is 5.92 Å². The maximum atomic E-state index is 11.7. The zero-order valence-corrected chi connectivity index (χ0v) is 13.1. The molecule has 1 rings (SSSR count). The van der Waals surface area contributed by atoms with Crippen molar-refractivity contribution in [1.29, 1.82) is 0 Å². The molecule has 4 N–H and O–H groups in total. The van der Waals surface area contributed by atoms with Crippen LogP contribution in [0.3, 0.4) is 0 Å². The summed E-state index contributed by atoms with van der Waals surface area (Å²) in [5.74, 6) is 0.393. The lowest BCUT2D eigenvalue weighted by atomic mass is 10.1. The first-order valence-electron chi connectivity index (χ1n) is 5.87. The maximum absolute atomic E-state index is 11.7. The Morgan fingerprint density at radius 1 is 1.39 bits per heavy atom. The third-order valence-electron chi connectivity index (χ3n) is 2.90. The van der Waals surface area contributed by atoms with Crippen molar-refractivity contribution < 1.29 is 4.79 Å². The molecule has 1 heterocycles. The fourth-order valence-electron chi connectivity index (χ4n) is 1.38. The Balaban J connectivity index is 3.08. The number of amides is 1. The summed E-state index contributed by atoms with van der Waals surface area (Å²) in [6, 6.07) is 0.339. The van der Waals surface area contributed by atoms with Crippen molar-refractivity contribution in [3.8, 4) is 0 Å². The molecule has 1 atom stereocenters. The van der Waals surface area contributed by atoms with E-state index in [1.807, 2.05) is 6.26 Å². The van der Waals surface area contributed by atoms with Gasteiger partial charge in [-0.1, -0.05) is 13.8 Å². The number of thioether (sulfide) groups is 1. The highest BCUT2D eigenvalue weighted by atomic mass is 32.2. The molecule has 1 aromatic rings. The van der Waals surface area contributed by atoms with Crippen LogP contribution in [0.25, 0.3) is 0 Å². The fraction of sp³-hybridized carbons (Fsp3) is 0.583. The topological polar surface area (TPSA) is 67.2 Å². The van der Waals surface area contributed by atoms with E-state index in [0.29, 0.717) is 22.5 Å². The third-order valence-corrected chi connectivity index (χ3v) is 4.99. The highest BCUT2D eigenvalue weighted by Gasteiger charge is 2.21. The van der Waals surface area contributed by atoms with Crippen molar-refractivity contribution in [2.75, 3.05) is 24.4 Å². The number of carbonyl (C=O) groups excluding carboxylic acids is 1. The van der Waals surface area contributed by atoms with E-state index in [0.717, 1.165) is 9.90 Å². The molecule has 4 nitrogen and oxygen atoms in total. The Bertz CT molecular complexity index is 429. The molecule has 0 aliphatic carbocycles.